The first-order valence-corrected chi connectivity index (χ1v) is 5.55. The van der Waals surface area contributed by atoms with E-state index in [1.165, 1.54) is 6.92 Å². The van der Waals surface area contributed by atoms with Crippen molar-refractivity contribution in [2.24, 2.45) is 0 Å². The van der Waals surface area contributed by atoms with Crippen LogP contribution in [0.3, 0.4) is 0 Å². The minimum Gasteiger partial charge on any atom is -0.468 e. The first kappa shape index (κ1) is 13.4. The van der Waals surface area contributed by atoms with Crippen molar-refractivity contribution in [2.75, 3.05) is 6.61 Å². The van der Waals surface area contributed by atoms with Gasteiger partial charge in [-0.1, -0.05) is 0 Å². The van der Waals surface area contributed by atoms with Gasteiger partial charge in [-0.2, -0.15) is 0 Å². The van der Waals surface area contributed by atoms with Crippen molar-refractivity contribution in [3.05, 3.63) is 24.2 Å². The Morgan fingerprint density at radius 1 is 1.53 bits per heavy atom. The van der Waals surface area contributed by atoms with Gasteiger partial charge in [0.1, 0.15) is 11.5 Å². The second-order valence-corrected chi connectivity index (χ2v) is 3.63. The van der Waals surface area contributed by atoms with Crippen LogP contribution in [-0.4, -0.2) is 24.4 Å². The number of ether oxygens (including phenoxy) is 1. The Kier molecular flexibility index (Phi) is 5.42. The van der Waals surface area contributed by atoms with E-state index in [1.54, 1.807) is 25.3 Å². The molecule has 1 heterocycles. The lowest BCUT2D eigenvalue weighted by Crippen LogP contribution is -2.37. The Morgan fingerprint density at radius 2 is 2.29 bits per heavy atom. The molecule has 1 rings (SSSR count). The van der Waals surface area contributed by atoms with Crippen LogP contribution >= 0.6 is 0 Å². The molecule has 1 N–H and O–H groups in total. The summed E-state index contributed by atoms with van der Waals surface area (Å²) in [5, 5.41) is 2.97. The maximum Gasteiger partial charge on any atom is 0.307 e. The zero-order valence-electron chi connectivity index (χ0n) is 10.1. The minimum absolute atomic E-state index is 0.0455. The van der Waals surface area contributed by atoms with Crippen LogP contribution < -0.4 is 5.32 Å². The second kappa shape index (κ2) is 6.85. The molecule has 1 aromatic heterocycles. The highest BCUT2D eigenvalue weighted by atomic mass is 16.5. The molecule has 0 saturated heterocycles. The molecule has 0 radical (unpaired) electrons. The number of ketones is 1. The van der Waals surface area contributed by atoms with Gasteiger partial charge in [0, 0.05) is 0 Å². The molecular formula is C12H17NO4. The van der Waals surface area contributed by atoms with Crippen molar-refractivity contribution in [1.29, 1.82) is 0 Å². The van der Waals surface area contributed by atoms with Crippen molar-refractivity contribution in [3.63, 3.8) is 0 Å². The zero-order chi connectivity index (χ0) is 12.7. The van der Waals surface area contributed by atoms with E-state index in [-0.39, 0.29) is 18.2 Å². The fourth-order valence-corrected chi connectivity index (χ4v) is 1.38. The molecule has 0 amide bonds. The smallest absolute Gasteiger partial charge is 0.307 e. The first-order valence-electron chi connectivity index (χ1n) is 5.55. The lowest BCUT2D eigenvalue weighted by molar-refractivity contribution is -0.145. The monoisotopic (exact) mass is 239 g/mol. The maximum absolute atomic E-state index is 11.3. The van der Waals surface area contributed by atoms with Gasteiger partial charge in [0.15, 0.2) is 0 Å². The second-order valence-electron chi connectivity index (χ2n) is 3.63. The molecule has 5 nitrogen and oxygen atoms in total. The maximum atomic E-state index is 11.3. The van der Waals surface area contributed by atoms with Gasteiger partial charge < -0.3 is 9.15 Å². The number of carbonyl (C=O) groups excluding carboxylic acids is 2. The predicted octanol–water partition coefficient (Wildman–Crippen LogP) is 1.28. The van der Waals surface area contributed by atoms with Crippen LogP contribution in [0.2, 0.25) is 0 Å². The Labute approximate surface area is 100 Å². The van der Waals surface area contributed by atoms with Crippen molar-refractivity contribution in [2.45, 2.75) is 32.9 Å². The van der Waals surface area contributed by atoms with Gasteiger partial charge in [-0.15, -0.1) is 0 Å². The molecule has 0 spiro atoms. The van der Waals surface area contributed by atoms with E-state index in [9.17, 15) is 9.59 Å². The van der Waals surface area contributed by atoms with Gasteiger partial charge >= 0.3 is 5.97 Å². The fourth-order valence-electron chi connectivity index (χ4n) is 1.38. The SMILES string of the molecule is CCOC(=O)CC(NCc1ccco1)C(C)=O. The molecule has 17 heavy (non-hydrogen) atoms. The molecule has 5 heteroatoms. The third-order valence-electron chi connectivity index (χ3n) is 2.27. The van der Waals surface area contributed by atoms with Crippen molar-refractivity contribution >= 4 is 11.8 Å². The number of hydrogen-bond donors (Lipinski definition) is 1. The average Bonchev–Trinajstić information content (AvgIpc) is 2.77. The quantitative estimate of drug-likeness (QED) is 0.726. The summed E-state index contributed by atoms with van der Waals surface area (Å²) in [7, 11) is 0. The van der Waals surface area contributed by atoms with Crippen molar-refractivity contribution < 1.29 is 18.7 Å². The number of nitrogens with one attached hydrogen (secondary N) is 1. The molecule has 1 unspecified atom stereocenters. The molecule has 0 saturated carbocycles. The van der Waals surface area contributed by atoms with Crippen LogP contribution in [-0.2, 0) is 20.9 Å². The molecule has 1 aromatic rings. The Morgan fingerprint density at radius 3 is 2.82 bits per heavy atom. The van der Waals surface area contributed by atoms with E-state index < -0.39 is 6.04 Å². The van der Waals surface area contributed by atoms with Gasteiger partial charge in [0.25, 0.3) is 0 Å². The van der Waals surface area contributed by atoms with Crippen LogP contribution in [0, 0.1) is 0 Å². The molecule has 1 atom stereocenters. The standard InChI is InChI=1S/C12H17NO4/c1-3-16-12(15)7-11(9(2)14)13-8-10-5-4-6-17-10/h4-6,11,13H,3,7-8H2,1-2H3. The number of Topliss-reactive ketones (excluding diaryl/α,β-unsaturated/α-hetero) is 1. The summed E-state index contributed by atoms with van der Waals surface area (Å²) < 4.78 is 9.93. The molecule has 0 aliphatic carbocycles. The molecule has 0 fully saturated rings. The third-order valence-corrected chi connectivity index (χ3v) is 2.27. The molecular weight excluding hydrogens is 222 g/mol. The van der Waals surface area contributed by atoms with Crippen molar-refractivity contribution in [3.8, 4) is 0 Å². The summed E-state index contributed by atoms with van der Waals surface area (Å²) in [6.45, 7) is 3.91. The number of furan rings is 1. The van der Waals surface area contributed by atoms with E-state index in [0.717, 1.165) is 5.76 Å². The van der Waals surface area contributed by atoms with E-state index in [1.807, 2.05) is 0 Å². The molecule has 0 bridgehead atoms. The summed E-state index contributed by atoms with van der Waals surface area (Å²) in [5.41, 5.74) is 0. The molecule has 0 aliphatic rings. The number of hydrogen-bond acceptors (Lipinski definition) is 5. The topological polar surface area (TPSA) is 68.5 Å². The molecule has 0 aliphatic heterocycles. The van der Waals surface area contributed by atoms with Gasteiger partial charge in [-0.25, -0.2) is 0 Å². The summed E-state index contributed by atoms with van der Waals surface area (Å²) in [6, 6.07) is 3.04. The summed E-state index contributed by atoms with van der Waals surface area (Å²) in [6.07, 6.45) is 1.61. The summed E-state index contributed by atoms with van der Waals surface area (Å²) in [5.74, 6) is 0.254. The van der Waals surface area contributed by atoms with Crippen molar-refractivity contribution in [1.82, 2.24) is 5.32 Å². The van der Waals surface area contributed by atoms with Gasteiger partial charge in [0.05, 0.1) is 31.9 Å². The number of esters is 1. The van der Waals surface area contributed by atoms with Gasteiger partial charge in [-0.05, 0) is 26.0 Å². The summed E-state index contributed by atoms with van der Waals surface area (Å²) in [4.78, 5) is 22.6. The average molecular weight is 239 g/mol. The van der Waals surface area contributed by atoms with Crippen LogP contribution in [0.25, 0.3) is 0 Å². The van der Waals surface area contributed by atoms with Crippen LogP contribution in [0.5, 0.6) is 0 Å². The first-order chi connectivity index (χ1) is 8.13. The largest absolute Gasteiger partial charge is 0.468 e. The summed E-state index contributed by atoms with van der Waals surface area (Å²) >= 11 is 0. The lowest BCUT2D eigenvalue weighted by Gasteiger charge is -2.13. The molecule has 0 aromatic carbocycles. The van der Waals surface area contributed by atoms with Crippen LogP contribution in [0.4, 0.5) is 0 Å². The Hall–Kier alpha value is -1.62. The van der Waals surface area contributed by atoms with Gasteiger partial charge in [-0.3, -0.25) is 14.9 Å². The van der Waals surface area contributed by atoms with Gasteiger partial charge in [0.2, 0.25) is 0 Å². The Bertz CT molecular complexity index is 359. The fraction of sp³-hybridized carbons (Fsp3) is 0.500. The van der Waals surface area contributed by atoms with E-state index in [2.05, 4.69) is 5.32 Å². The molecule has 94 valence electrons. The van der Waals surface area contributed by atoms with E-state index >= 15 is 0 Å². The zero-order valence-corrected chi connectivity index (χ0v) is 10.1. The highest BCUT2D eigenvalue weighted by Crippen LogP contribution is 2.02. The Balaban J connectivity index is 2.43. The van der Waals surface area contributed by atoms with E-state index in [0.29, 0.717) is 13.2 Å². The highest BCUT2D eigenvalue weighted by Gasteiger charge is 2.18. The highest BCUT2D eigenvalue weighted by molar-refractivity contribution is 5.86. The number of carbonyl (C=O) groups is 2. The normalized spacial score (nSPS) is 12.1. The van der Waals surface area contributed by atoms with Crippen LogP contribution in [0.1, 0.15) is 26.0 Å². The van der Waals surface area contributed by atoms with Crippen LogP contribution in [0.15, 0.2) is 22.8 Å². The number of rotatable bonds is 7. The lowest BCUT2D eigenvalue weighted by atomic mass is 10.1. The van der Waals surface area contributed by atoms with E-state index in [4.69, 9.17) is 9.15 Å². The predicted molar refractivity (Wildman–Crippen MR) is 61.3 cm³/mol. The minimum atomic E-state index is -0.529. The third kappa shape index (κ3) is 4.82.